The summed E-state index contributed by atoms with van der Waals surface area (Å²) in [5.41, 5.74) is 1.11. The number of urea groups is 1. The number of nitrogens with one attached hydrogen (secondary N) is 2. The van der Waals surface area contributed by atoms with E-state index in [9.17, 15) is 14.0 Å². The predicted molar refractivity (Wildman–Crippen MR) is 125 cm³/mol. The maximum Gasteiger partial charge on any atom is 0.321 e. The Hall–Kier alpha value is -3.01. The maximum absolute atomic E-state index is 13.9. The molecule has 0 unspecified atom stereocenters. The van der Waals surface area contributed by atoms with Gasteiger partial charge in [-0.1, -0.05) is 6.92 Å². The van der Waals surface area contributed by atoms with Gasteiger partial charge < -0.3 is 15.1 Å². The lowest BCUT2D eigenvalue weighted by molar-refractivity contribution is 0.000657. The van der Waals surface area contributed by atoms with Gasteiger partial charge in [-0.15, -0.1) is 0 Å². The standard InChI is InChI=1S/C24H32FN7O2/c1-5-16-12-30-10-6-9-24(30,4)14-31(16)22(34)32-13-17-19(23(32,2)3)28-29-20(17)27-21(33)18-8-7-15(25)11-26-18/h7-8,11,16H,5-6,9-10,12-14H2,1-4H3,(H2,27,28,29,33)/t16-,24-/m0/s1. The summed E-state index contributed by atoms with van der Waals surface area (Å²) in [7, 11) is 0. The van der Waals surface area contributed by atoms with Gasteiger partial charge in [0, 0.05) is 30.2 Å². The number of fused-ring (bicyclic) bond motifs is 2. The minimum Gasteiger partial charge on any atom is -0.319 e. The van der Waals surface area contributed by atoms with Crippen LogP contribution in [0.25, 0.3) is 0 Å². The Morgan fingerprint density at radius 2 is 2.09 bits per heavy atom. The SMILES string of the molecule is CC[C@H]1CN2CCC[C@@]2(C)CN1C(=O)N1Cc2c(NC(=O)c3ccc(F)cn3)n[nH]c2C1(C)C. The van der Waals surface area contributed by atoms with Crippen LogP contribution in [0.1, 0.15) is 68.7 Å². The van der Waals surface area contributed by atoms with Crippen molar-refractivity contribution in [3.05, 3.63) is 41.1 Å². The zero-order valence-electron chi connectivity index (χ0n) is 20.2. The summed E-state index contributed by atoms with van der Waals surface area (Å²) in [6.45, 7) is 11.5. The molecule has 34 heavy (non-hydrogen) atoms. The monoisotopic (exact) mass is 469 g/mol. The Morgan fingerprint density at radius 1 is 1.29 bits per heavy atom. The van der Waals surface area contributed by atoms with Crippen LogP contribution in [0.3, 0.4) is 0 Å². The second-order valence-electron chi connectivity index (χ2n) is 10.4. The fraction of sp³-hybridized carbons (Fsp3) is 0.583. The van der Waals surface area contributed by atoms with Crippen molar-refractivity contribution >= 4 is 17.8 Å². The maximum atomic E-state index is 13.9. The van der Waals surface area contributed by atoms with Crippen molar-refractivity contribution in [2.75, 3.05) is 25.0 Å². The van der Waals surface area contributed by atoms with E-state index in [2.05, 4.69) is 44.1 Å². The van der Waals surface area contributed by atoms with E-state index in [1.165, 1.54) is 18.6 Å². The molecule has 3 aliphatic heterocycles. The first kappa shape index (κ1) is 22.8. The number of aromatic amines is 1. The predicted octanol–water partition coefficient (Wildman–Crippen LogP) is 3.32. The third-order valence-electron chi connectivity index (χ3n) is 7.90. The molecule has 0 bridgehead atoms. The van der Waals surface area contributed by atoms with Crippen molar-refractivity contribution in [2.24, 2.45) is 0 Å². The van der Waals surface area contributed by atoms with Gasteiger partial charge in [-0.2, -0.15) is 5.10 Å². The van der Waals surface area contributed by atoms with Crippen LogP contribution in [0.2, 0.25) is 0 Å². The summed E-state index contributed by atoms with van der Waals surface area (Å²) >= 11 is 0. The summed E-state index contributed by atoms with van der Waals surface area (Å²) < 4.78 is 13.2. The number of H-pyrrole nitrogens is 1. The molecule has 0 spiro atoms. The fourth-order valence-corrected chi connectivity index (χ4v) is 5.75. The zero-order valence-corrected chi connectivity index (χ0v) is 20.2. The first-order valence-electron chi connectivity index (χ1n) is 12.0. The van der Waals surface area contributed by atoms with E-state index in [1.54, 1.807) is 0 Å². The molecule has 0 radical (unpaired) electrons. The van der Waals surface area contributed by atoms with Crippen LogP contribution < -0.4 is 5.32 Å². The van der Waals surface area contributed by atoms with Crippen LogP contribution >= 0.6 is 0 Å². The molecule has 2 aromatic heterocycles. The van der Waals surface area contributed by atoms with Gasteiger partial charge in [-0.25, -0.2) is 14.2 Å². The smallest absolute Gasteiger partial charge is 0.319 e. The number of hydrogen-bond donors (Lipinski definition) is 2. The molecule has 3 aliphatic rings. The number of halogens is 1. The third-order valence-corrected chi connectivity index (χ3v) is 7.90. The van der Waals surface area contributed by atoms with Crippen LogP contribution in [-0.2, 0) is 12.1 Å². The highest BCUT2D eigenvalue weighted by molar-refractivity contribution is 6.02. The number of piperazine rings is 1. The highest BCUT2D eigenvalue weighted by atomic mass is 19.1. The molecular weight excluding hydrogens is 437 g/mol. The molecule has 182 valence electrons. The average Bonchev–Trinajstić information content (AvgIpc) is 3.46. The number of carbonyl (C=O) groups is 2. The Balaban J connectivity index is 1.37. The molecule has 9 nitrogen and oxygen atoms in total. The first-order chi connectivity index (χ1) is 16.1. The number of nitrogens with zero attached hydrogens (tertiary/aromatic N) is 5. The molecule has 2 fully saturated rings. The topological polar surface area (TPSA) is 97.5 Å². The minimum atomic E-state index is -0.609. The van der Waals surface area contributed by atoms with Crippen LogP contribution in [0.5, 0.6) is 0 Å². The zero-order chi connectivity index (χ0) is 24.3. The Morgan fingerprint density at radius 3 is 2.79 bits per heavy atom. The van der Waals surface area contributed by atoms with E-state index in [4.69, 9.17) is 0 Å². The highest BCUT2D eigenvalue weighted by Gasteiger charge is 2.50. The molecule has 0 aromatic carbocycles. The van der Waals surface area contributed by atoms with Crippen LogP contribution in [0.15, 0.2) is 18.3 Å². The Labute approximate surface area is 198 Å². The van der Waals surface area contributed by atoms with Crippen LogP contribution in [0.4, 0.5) is 15.0 Å². The molecule has 5 heterocycles. The number of pyridine rings is 1. The van der Waals surface area contributed by atoms with E-state index < -0.39 is 17.3 Å². The number of hydrogen-bond acceptors (Lipinski definition) is 5. The van der Waals surface area contributed by atoms with Crippen molar-refractivity contribution in [1.29, 1.82) is 0 Å². The fourth-order valence-electron chi connectivity index (χ4n) is 5.75. The largest absolute Gasteiger partial charge is 0.321 e. The number of amides is 3. The number of carbonyl (C=O) groups excluding carboxylic acids is 2. The second-order valence-corrected chi connectivity index (χ2v) is 10.4. The number of anilines is 1. The van der Waals surface area contributed by atoms with Gasteiger partial charge >= 0.3 is 6.03 Å². The van der Waals surface area contributed by atoms with Gasteiger partial charge in [0.05, 0.1) is 24.0 Å². The Kier molecular flexibility index (Phi) is 5.38. The van der Waals surface area contributed by atoms with Gasteiger partial charge in [0.1, 0.15) is 11.5 Å². The number of aromatic nitrogens is 3. The van der Waals surface area contributed by atoms with Gasteiger partial charge in [-0.3, -0.25) is 14.8 Å². The summed E-state index contributed by atoms with van der Waals surface area (Å²) in [5.74, 6) is -0.617. The van der Waals surface area contributed by atoms with Gasteiger partial charge in [0.2, 0.25) is 0 Å². The van der Waals surface area contributed by atoms with Crippen molar-refractivity contribution in [2.45, 2.75) is 70.6 Å². The summed E-state index contributed by atoms with van der Waals surface area (Å²) in [5, 5.41) is 10.1. The lowest BCUT2D eigenvalue weighted by Crippen LogP contribution is -2.65. The second kappa shape index (κ2) is 8.04. The van der Waals surface area contributed by atoms with E-state index >= 15 is 0 Å². The van der Waals surface area contributed by atoms with Crippen molar-refractivity contribution < 1.29 is 14.0 Å². The molecule has 0 saturated carbocycles. The molecule has 0 aliphatic carbocycles. The lowest BCUT2D eigenvalue weighted by atomic mass is 9.92. The third kappa shape index (κ3) is 3.55. The molecule has 2 saturated heterocycles. The van der Waals surface area contributed by atoms with Crippen LogP contribution in [-0.4, -0.2) is 73.0 Å². The summed E-state index contributed by atoms with van der Waals surface area (Å²) in [4.78, 5) is 36.9. The quantitative estimate of drug-likeness (QED) is 0.719. The van der Waals surface area contributed by atoms with Gasteiger partial charge in [0.25, 0.3) is 5.91 Å². The van der Waals surface area contributed by atoms with Crippen molar-refractivity contribution in [3.8, 4) is 0 Å². The van der Waals surface area contributed by atoms with Crippen molar-refractivity contribution in [3.63, 3.8) is 0 Å². The molecule has 2 N–H and O–H groups in total. The first-order valence-corrected chi connectivity index (χ1v) is 12.0. The van der Waals surface area contributed by atoms with Crippen molar-refractivity contribution in [1.82, 2.24) is 29.9 Å². The van der Waals surface area contributed by atoms with Crippen LogP contribution in [0, 0.1) is 5.82 Å². The molecule has 5 rings (SSSR count). The molecule has 2 aromatic rings. The molecule has 3 amide bonds. The summed E-state index contributed by atoms with van der Waals surface area (Å²) in [6, 6.07) is 2.71. The Bertz CT molecular complexity index is 1120. The molecule has 10 heteroatoms. The minimum absolute atomic E-state index is 0.0201. The highest BCUT2D eigenvalue weighted by Crippen LogP contribution is 2.43. The normalized spacial score (nSPS) is 25.9. The van der Waals surface area contributed by atoms with E-state index in [0.717, 1.165) is 49.9 Å². The number of rotatable bonds is 3. The van der Waals surface area contributed by atoms with E-state index in [0.29, 0.717) is 12.4 Å². The molecular formula is C24H32FN7O2. The van der Waals surface area contributed by atoms with E-state index in [-0.39, 0.29) is 23.3 Å². The van der Waals surface area contributed by atoms with Gasteiger partial charge in [-0.05, 0) is 58.7 Å². The van der Waals surface area contributed by atoms with E-state index in [1.807, 2.05) is 18.7 Å². The summed E-state index contributed by atoms with van der Waals surface area (Å²) in [6.07, 6.45) is 4.19. The van der Waals surface area contributed by atoms with Gasteiger partial charge in [0.15, 0.2) is 5.82 Å². The average molecular weight is 470 g/mol. The lowest BCUT2D eigenvalue weighted by Gasteiger charge is -2.51. The molecule has 2 atom stereocenters.